The molecule has 118 valence electrons. The summed E-state index contributed by atoms with van der Waals surface area (Å²) in [4.78, 5) is 12.4. The van der Waals surface area contributed by atoms with Crippen LogP contribution in [0.15, 0.2) is 48.8 Å². The topological polar surface area (TPSA) is 46.9 Å². The zero-order valence-corrected chi connectivity index (χ0v) is 13.3. The SMILES string of the molecule is Cc1ccccc1-n1cc(CNC(=O)C2CC3C=CC2C3)cn1. The Kier molecular flexibility index (Phi) is 3.52. The third-order valence-electron chi connectivity index (χ3n) is 5.08. The second-order valence-electron chi connectivity index (χ2n) is 6.68. The van der Waals surface area contributed by atoms with Crippen molar-refractivity contribution in [1.82, 2.24) is 15.1 Å². The van der Waals surface area contributed by atoms with Gasteiger partial charge < -0.3 is 5.32 Å². The number of carbonyl (C=O) groups is 1. The van der Waals surface area contributed by atoms with E-state index in [2.05, 4.69) is 35.6 Å². The quantitative estimate of drug-likeness (QED) is 0.883. The number of para-hydroxylation sites is 1. The first-order valence-corrected chi connectivity index (χ1v) is 8.26. The van der Waals surface area contributed by atoms with Crippen LogP contribution in [0.1, 0.15) is 24.0 Å². The summed E-state index contributed by atoms with van der Waals surface area (Å²) in [5.41, 5.74) is 3.28. The molecular formula is C19H21N3O. The number of rotatable bonds is 4. The van der Waals surface area contributed by atoms with Gasteiger partial charge in [-0.3, -0.25) is 4.79 Å². The summed E-state index contributed by atoms with van der Waals surface area (Å²) >= 11 is 0. The van der Waals surface area contributed by atoms with Gasteiger partial charge in [-0.25, -0.2) is 4.68 Å². The highest BCUT2D eigenvalue weighted by Crippen LogP contribution is 2.43. The molecule has 3 atom stereocenters. The Bertz CT molecular complexity index is 761. The Labute approximate surface area is 136 Å². The fourth-order valence-electron chi connectivity index (χ4n) is 3.81. The molecule has 1 amide bonds. The summed E-state index contributed by atoms with van der Waals surface area (Å²) in [6, 6.07) is 8.15. The lowest BCUT2D eigenvalue weighted by Gasteiger charge is -2.17. The minimum Gasteiger partial charge on any atom is -0.352 e. The molecule has 1 fully saturated rings. The molecule has 2 bridgehead atoms. The van der Waals surface area contributed by atoms with Crippen LogP contribution in [0.2, 0.25) is 0 Å². The molecule has 1 N–H and O–H groups in total. The highest BCUT2D eigenvalue weighted by molar-refractivity contribution is 5.79. The van der Waals surface area contributed by atoms with Crippen molar-refractivity contribution in [2.45, 2.75) is 26.3 Å². The van der Waals surface area contributed by atoms with Gasteiger partial charge in [-0.15, -0.1) is 0 Å². The number of aryl methyl sites for hydroxylation is 1. The monoisotopic (exact) mass is 307 g/mol. The van der Waals surface area contributed by atoms with Crippen LogP contribution in [0.3, 0.4) is 0 Å². The lowest BCUT2D eigenvalue weighted by atomic mass is 9.93. The number of nitrogens with zero attached hydrogens (tertiary/aromatic N) is 2. The number of hydrogen-bond acceptors (Lipinski definition) is 2. The van der Waals surface area contributed by atoms with E-state index in [0.29, 0.717) is 18.4 Å². The van der Waals surface area contributed by atoms with E-state index in [-0.39, 0.29) is 11.8 Å². The molecule has 1 aromatic carbocycles. The Morgan fingerprint density at radius 3 is 2.91 bits per heavy atom. The van der Waals surface area contributed by atoms with Gasteiger partial charge in [0.1, 0.15) is 0 Å². The van der Waals surface area contributed by atoms with Gasteiger partial charge in [-0.1, -0.05) is 30.4 Å². The molecule has 1 saturated carbocycles. The van der Waals surface area contributed by atoms with E-state index in [1.54, 1.807) is 0 Å². The van der Waals surface area contributed by atoms with Gasteiger partial charge in [0, 0.05) is 24.2 Å². The van der Waals surface area contributed by atoms with Crippen LogP contribution in [0, 0.1) is 24.7 Å². The molecule has 2 aliphatic carbocycles. The summed E-state index contributed by atoms with van der Waals surface area (Å²) in [6.45, 7) is 2.61. The second kappa shape index (κ2) is 5.69. The molecule has 0 saturated heterocycles. The third-order valence-corrected chi connectivity index (χ3v) is 5.08. The standard InChI is InChI=1S/C19H21N3O/c1-13-4-2-3-5-18(13)22-12-15(11-21-22)10-20-19(23)17-9-14-6-7-16(17)8-14/h2-7,11-12,14,16-17H,8-10H2,1H3,(H,20,23). The van der Waals surface area contributed by atoms with Crippen molar-refractivity contribution >= 4 is 5.91 Å². The Morgan fingerprint density at radius 2 is 2.17 bits per heavy atom. The molecule has 1 aromatic heterocycles. The van der Waals surface area contributed by atoms with Gasteiger partial charge in [0.05, 0.1) is 11.9 Å². The average Bonchev–Trinajstić information content (AvgIpc) is 3.29. The number of hydrogen-bond donors (Lipinski definition) is 1. The molecule has 0 radical (unpaired) electrons. The maximum Gasteiger partial charge on any atom is 0.223 e. The van der Waals surface area contributed by atoms with Gasteiger partial charge in [0.2, 0.25) is 5.91 Å². The van der Waals surface area contributed by atoms with Crippen LogP contribution in [0.4, 0.5) is 0 Å². The highest BCUT2D eigenvalue weighted by atomic mass is 16.1. The van der Waals surface area contributed by atoms with Crippen LogP contribution < -0.4 is 5.32 Å². The van der Waals surface area contributed by atoms with E-state index in [0.717, 1.165) is 24.1 Å². The Balaban J connectivity index is 1.40. The number of carbonyl (C=O) groups excluding carboxylic acids is 1. The van der Waals surface area contributed by atoms with Gasteiger partial charge in [-0.05, 0) is 43.2 Å². The van der Waals surface area contributed by atoms with Gasteiger partial charge in [-0.2, -0.15) is 5.10 Å². The third kappa shape index (κ3) is 2.69. The number of aromatic nitrogens is 2. The van der Waals surface area contributed by atoms with E-state index < -0.39 is 0 Å². The number of allylic oxidation sites excluding steroid dienone is 2. The largest absolute Gasteiger partial charge is 0.352 e. The molecule has 4 rings (SSSR count). The van der Waals surface area contributed by atoms with Crippen molar-refractivity contribution in [3.05, 3.63) is 59.9 Å². The van der Waals surface area contributed by atoms with Crippen LogP contribution in [-0.4, -0.2) is 15.7 Å². The predicted molar refractivity (Wildman–Crippen MR) is 89.0 cm³/mol. The first-order valence-electron chi connectivity index (χ1n) is 8.26. The zero-order chi connectivity index (χ0) is 15.8. The zero-order valence-electron chi connectivity index (χ0n) is 13.3. The normalized spacial score (nSPS) is 25.0. The first-order chi connectivity index (χ1) is 11.2. The Hall–Kier alpha value is -2.36. The van der Waals surface area contributed by atoms with Crippen LogP contribution in [0.5, 0.6) is 0 Å². The number of nitrogens with one attached hydrogen (secondary N) is 1. The van der Waals surface area contributed by atoms with E-state index in [9.17, 15) is 4.79 Å². The highest BCUT2D eigenvalue weighted by Gasteiger charge is 2.39. The van der Waals surface area contributed by atoms with Gasteiger partial charge >= 0.3 is 0 Å². The van der Waals surface area contributed by atoms with Gasteiger partial charge in [0.25, 0.3) is 0 Å². The first kappa shape index (κ1) is 14.2. The number of fused-ring (bicyclic) bond motifs is 2. The number of benzene rings is 1. The fraction of sp³-hybridized carbons (Fsp3) is 0.368. The van der Waals surface area contributed by atoms with Gasteiger partial charge in [0.15, 0.2) is 0 Å². The summed E-state index contributed by atoms with van der Waals surface area (Å²) in [7, 11) is 0. The molecule has 2 aliphatic rings. The summed E-state index contributed by atoms with van der Waals surface area (Å²) in [5.74, 6) is 1.43. The Morgan fingerprint density at radius 1 is 1.30 bits per heavy atom. The minimum atomic E-state index is 0.163. The molecule has 4 nitrogen and oxygen atoms in total. The van der Waals surface area contributed by atoms with Crippen molar-refractivity contribution in [3.63, 3.8) is 0 Å². The van der Waals surface area contributed by atoms with Crippen LogP contribution >= 0.6 is 0 Å². The lowest BCUT2D eigenvalue weighted by molar-refractivity contribution is -0.125. The molecule has 0 spiro atoms. The van der Waals surface area contributed by atoms with Crippen LogP contribution in [-0.2, 0) is 11.3 Å². The molecule has 1 heterocycles. The predicted octanol–water partition coefficient (Wildman–Crippen LogP) is 3.01. The fourth-order valence-corrected chi connectivity index (χ4v) is 3.81. The van der Waals surface area contributed by atoms with E-state index in [1.807, 2.05) is 35.3 Å². The van der Waals surface area contributed by atoms with Crippen molar-refractivity contribution < 1.29 is 4.79 Å². The van der Waals surface area contributed by atoms with Crippen molar-refractivity contribution in [2.24, 2.45) is 17.8 Å². The summed E-state index contributed by atoms with van der Waals surface area (Å²) in [5, 5.41) is 7.49. The summed E-state index contributed by atoms with van der Waals surface area (Å²) in [6.07, 6.45) is 10.5. The minimum absolute atomic E-state index is 0.163. The van der Waals surface area contributed by atoms with Crippen molar-refractivity contribution in [2.75, 3.05) is 0 Å². The molecule has 0 aliphatic heterocycles. The maximum absolute atomic E-state index is 12.4. The van der Waals surface area contributed by atoms with Crippen LogP contribution in [0.25, 0.3) is 5.69 Å². The average molecular weight is 307 g/mol. The summed E-state index contributed by atoms with van der Waals surface area (Å²) < 4.78 is 1.87. The molecule has 4 heteroatoms. The van der Waals surface area contributed by atoms with E-state index in [1.165, 1.54) is 5.56 Å². The van der Waals surface area contributed by atoms with E-state index in [4.69, 9.17) is 0 Å². The second-order valence-corrected chi connectivity index (χ2v) is 6.68. The smallest absolute Gasteiger partial charge is 0.223 e. The molecule has 2 aromatic rings. The van der Waals surface area contributed by atoms with Crippen molar-refractivity contribution in [3.8, 4) is 5.69 Å². The van der Waals surface area contributed by atoms with E-state index >= 15 is 0 Å². The van der Waals surface area contributed by atoms with Crippen molar-refractivity contribution in [1.29, 1.82) is 0 Å². The maximum atomic E-state index is 12.4. The number of amides is 1. The molecule has 3 unspecified atom stereocenters. The molecular weight excluding hydrogens is 286 g/mol. The lowest BCUT2D eigenvalue weighted by Crippen LogP contribution is -2.32. The molecule has 23 heavy (non-hydrogen) atoms.